The number of nitrogens with one attached hydrogen (secondary N) is 2. The lowest BCUT2D eigenvalue weighted by Gasteiger charge is -2.19. The summed E-state index contributed by atoms with van der Waals surface area (Å²) in [5, 5.41) is 14.8. The van der Waals surface area contributed by atoms with Gasteiger partial charge in [-0.05, 0) is 25.5 Å². The Hall–Kier alpha value is -2.15. The van der Waals surface area contributed by atoms with E-state index in [-0.39, 0.29) is 6.04 Å². The van der Waals surface area contributed by atoms with Crippen molar-refractivity contribution in [2.45, 2.75) is 26.4 Å². The Bertz CT molecular complexity index is 722. The van der Waals surface area contributed by atoms with E-state index < -0.39 is 0 Å². The number of benzene rings is 1. The molecule has 2 aromatic rings. The van der Waals surface area contributed by atoms with Crippen LogP contribution in [0.3, 0.4) is 0 Å². The average Bonchev–Trinajstić information content (AvgIpc) is 2.89. The molecule has 1 atom stereocenters. The number of aryl methyl sites for hydroxylation is 1. The molecule has 2 rings (SSSR count). The van der Waals surface area contributed by atoms with Gasteiger partial charge in [-0.3, -0.25) is 0 Å². The fraction of sp³-hybridized carbons (Fsp3) is 0.353. The van der Waals surface area contributed by atoms with Crippen LogP contribution in [-0.2, 0) is 13.6 Å². The molecule has 7 heteroatoms. The number of guanidine groups is 1. The van der Waals surface area contributed by atoms with Gasteiger partial charge in [0.25, 0.3) is 0 Å². The molecule has 0 aliphatic carbocycles. The van der Waals surface area contributed by atoms with Gasteiger partial charge in [0.1, 0.15) is 12.4 Å². The monoisotopic (exact) mass is 390 g/mol. The number of halogens is 1. The lowest BCUT2D eigenvalue weighted by atomic mass is 10.1. The maximum absolute atomic E-state index is 4.61. The van der Waals surface area contributed by atoms with Gasteiger partial charge in [0.15, 0.2) is 11.8 Å². The van der Waals surface area contributed by atoms with Crippen molar-refractivity contribution in [2.75, 3.05) is 6.54 Å². The highest BCUT2D eigenvalue weighted by molar-refractivity contribution is 9.10. The quantitative estimate of drug-likeness (QED) is 0.452. The van der Waals surface area contributed by atoms with Gasteiger partial charge in [0.05, 0.1) is 6.04 Å². The standard InChI is InChI=1S/C17H23BrN6/c1-5-10-19-17(20-11-16-23-22-13(3)24(16)4)21-12(2)14-8-6-7-9-15(14)18/h5-9,12H,1,10-11H2,2-4H3,(H2,19,20,21). The molecule has 2 N–H and O–H groups in total. The van der Waals surface area contributed by atoms with Gasteiger partial charge in [-0.15, -0.1) is 16.8 Å². The minimum Gasteiger partial charge on any atom is -0.353 e. The first-order chi connectivity index (χ1) is 11.5. The predicted octanol–water partition coefficient (Wildman–Crippen LogP) is 2.87. The van der Waals surface area contributed by atoms with Gasteiger partial charge in [0.2, 0.25) is 0 Å². The van der Waals surface area contributed by atoms with Gasteiger partial charge < -0.3 is 15.2 Å². The third-order valence-electron chi connectivity index (χ3n) is 3.70. The molecule has 1 aromatic carbocycles. The normalized spacial score (nSPS) is 12.8. The van der Waals surface area contributed by atoms with Crippen molar-refractivity contribution < 1.29 is 0 Å². The largest absolute Gasteiger partial charge is 0.353 e. The zero-order valence-corrected chi connectivity index (χ0v) is 15.8. The predicted molar refractivity (Wildman–Crippen MR) is 101 cm³/mol. The van der Waals surface area contributed by atoms with Crippen LogP contribution in [-0.4, -0.2) is 27.3 Å². The molecule has 0 saturated heterocycles. The molecule has 0 radical (unpaired) electrons. The Kier molecular flexibility index (Phi) is 6.54. The lowest BCUT2D eigenvalue weighted by Crippen LogP contribution is -2.39. The van der Waals surface area contributed by atoms with Crippen molar-refractivity contribution in [3.8, 4) is 0 Å². The van der Waals surface area contributed by atoms with Gasteiger partial charge in [-0.25, -0.2) is 4.99 Å². The molecular weight excluding hydrogens is 368 g/mol. The second kappa shape index (κ2) is 8.63. The first kappa shape index (κ1) is 18.2. The highest BCUT2D eigenvalue weighted by atomic mass is 79.9. The summed E-state index contributed by atoms with van der Waals surface area (Å²) in [6.07, 6.45) is 1.80. The maximum atomic E-state index is 4.61. The molecule has 1 aromatic heterocycles. The number of hydrogen-bond donors (Lipinski definition) is 2. The van der Waals surface area contributed by atoms with E-state index in [1.165, 1.54) is 5.56 Å². The van der Waals surface area contributed by atoms with E-state index in [1.807, 2.05) is 36.7 Å². The molecule has 1 heterocycles. The zero-order valence-electron chi connectivity index (χ0n) is 14.3. The smallest absolute Gasteiger partial charge is 0.192 e. The van der Waals surface area contributed by atoms with Gasteiger partial charge in [0, 0.05) is 18.1 Å². The molecule has 0 saturated carbocycles. The van der Waals surface area contributed by atoms with E-state index in [4.69, 9.17) is 0 Å². The number of hydrogen-bond acceptors (Lipinski definition) is 3. The molecule has 0 aliphatic rings. The molecule has 0 amide bonds. The Morgan fingerprint density at radius 3 is 2.79 bits per heavy atom. The molecule has 24 heavy (non-hydrogen) atoms. The highest BCUT2D eigenvalue weighted by Crippen LogP contribution is 2.22. The minimum absolute atomic E-state index is 0.0953. The maximum Gasteiger partial charge on any atom is 0.192 e. The molecule has 128 valence electrons. The molecule has 0 aliphatic heterocycles. The second-order valence-corrected chi connectivity index (χ2v) is 6.30. The molecule has 6 nitrogen and oxygen atoms in total. The van der Waals surface area contributed by atoms with Crippen LogP contribution < -0.4 is 10.6 Å². The van der Waals surface area contributed by atoms with Crippen molar-refractivity contribution in [1.29, 1.82) is 0 Å². The SMILES string of the molecule is C=CCNC(=NCc1nnc(C)n1C)NC(C)c1ccccc1Br. The van der Waals surface area contributed by atoms with Crippen molar-refractivity contribution in [3.63, 3.8) is 0 Å². The highest BCUT2D eigenvalue weighted by Gasteiger charge is 2.11. The third kappa shape index (κ3) is 4.67. The van der Waals surface area contributed by atoms with Crippen molar-refractivity contribution >= 4 is 21.9 Å². The van der Waals surface area contributed by atoms with E-state index >= 15 is 0 Å². The van der Waals surface area contributed by atoms with Crippen LogP contribution >= 0.6 is 15.9 Å². The first-order valence-corrected chi connectivity index (χ1v) is 8.57. The van der Waals surface area contributed by atoms with E-state index in [1.54, 1.807) is 6.08 Å². The summed E-state index contributed by atoms with van der Waals surface area (Å²) >= 11 is 3.59. The van der Waals surface area contributed by atoms with Crippen LogP contribution in [0, 0.1) is 6.92 Å². The third-order valence-corrected chi connectivity index (χ3v) is 4.42. The summed E-state index contributed by atoms with van der Waals surface area (Å²) < 4.78 is 3.00. The lowest BCUT2D eigenvalue weighted by molar-refractivity contribution is 0.682. The average molecular weight is 391 g/mol. The van der Waals surface area contributed by atoms with Crippen molar-refractivity contribution in [2.24, 2.45) is 12.0 Å². The van der Waals surface area contributed by atoms with Crippen LogP contribution in [0.4, 0.5) is 0 Å². The van der Waals surface area contributed by atoms with Crippen LogP contribution in [0.15, 0.2) is 46.4 Å². The van der Waals surface area contributed by atoms with E-state index in [0.717, 1.165) is 16.1 Å². The molecule has 0 bridgehead atoms. The fourth-order valence-electron chi connectivity index (χ4n) is 2.17. The Morgan fingerprint density at radius 2 is 2.17 bits per heavy atom. The second-order valence-electron chi connectivity index (χ2n) is 5.44. The number of nitrogens with zero attached hydrogens (tertiary/aromatic N) is 4. The van der Waals surface area contributed by atoms with Gasteiger partial charge >= 0.3 is 0 Å². The van der Waals surface area contributed by atoms with Crippen molar-refractivity contribution in [3.05, 3.63) is 58.6 Å². The summed E-state index contributed by atoms with van der Waals surface area (Å²) in [5.41, 5.74) is 1.17. The number of aromatic nitrogens is 3. The molecular formula is C17H23BrN6. The Morgan fingerprint density at radius 1 is 1.42 bits per heavy atom. The number of aliphatic imine (C=N–C) groups is 1. The van der Waals surface area contributed by atoms with E-state index in [9.17, 15) is 0 Å². The summed E-state index contributed by atoms with van der Waals surface area (Å²) in [5.74, 6) is 2.40. The van der Waals surface area contributed by atoms with Gasteiger partial charge in [-0.2, -0.15) is 0 Å². The zero-order chi connectivity index (χ0) is 17.5. The van der Waals surface area contributed by atoms with Crippen LogP contribution in [0.5, 0.6) is 0 Å². The summed E-state index contributed by atoms with van der Waals surface area (Å²) in [6, 6.07) is 8.23. The Balaban J connectivity index is 2.12. The summed E-state index contributed by atoms with van der Waals surface area (Å²) in [4.78, 5) is 4.61. The molecule has 0 spiro atoms. The number of rotatable bonds is 6. The van der Waals surface area contributed by atoms with Crippen LogP contribution in [0.25, 0.3) is 0 Å². The topological polar surface area (TPSA) is 67.1 Å². The van der Waals surface area contributed by atoms with Crippen LogP contribution in [0.1, 0.15) is 30.2 Å². The molecule has 0 fully saturated rings. The fourth-order valence-corrected chi connectivity index (χ4v) is 2.80. The summed E-state index contributed by atoms with van der Waals surface area (Å²) in [7, 11) is 1.94. The summed E-state index contributed by atoms with van der Waals surface area (Å²) in [6.45, 7) is 8.84. The van der Waals surface area contributed by atoms with Crippen molar-refractivity contribution in [1.82, 2.24) is 25.4 Å². The van der Waals surface area contributed by atoms with Gasteiger partial charge in [-0.1, -0.05) is 40.2 Å². The van der Waals surface area contributed by atoms with E-state index in [2.05, 4.69) is 61.3 Å². The van der Waals surface area contributed by atoms with E-state index in [0.29, 0.717) is 19.0 Å². The minimum atomic E-state index is 0.0953. The van der Waals surface area contributed by atoms with Crippen LogP contribution in [0.2, 0.25) is 0 Å². The molecule has 1 unspecified atom stereocenters. The Labute approximate surface area is 151 Å². The first-order valence-electron chi connectivity index (χ1n) is 7.78.